The number of benzene rings is 1. The van der Waals surface area contributed by atoms with Gasteiger partial charge >= 0.3 is 6.18 Å². The molecule has 0 aromatic heterocycles. The molecule has 103 heavy (non-hydrogen) atoms. The fourth-order valence-electron chi connectivity index (χ4n) is 16.0. The SMILES string of the molecule is CCOC1CC2C(=O)NC3(CCCC3)C(=O)N(C)C(C3CCCC3)C(=O)N(C)C(C(=O)N(C)C)CC(=O)N(C)C(CC(C)C)C(=O)NC([C@@H](C)CC)C(=O)N(C)C(C)C(=O)N3CCC3C(=O)N(C)C(CC3CCCCC3)C(=O)N(C)CC(=O)NC(CCc3cc(F)c(C(F)(F)F)c(F)c3)C(=O)N2C1. The summed E-state index contributed by atoms with van der Waals surface area (Å²) in [6, 6.07) is -10.9. The lowest BCUT2D eigenvalue weighted by molar-refractivity contribution is -0.160. The second kappa shape index (κ2) is 35.5. The molecule has 30 heteroatoms. The molecule has 1 spiro atoms. The van der Waals surface area contributed by atoms with Gasteiger partial charge in [0.1, 0.15) is 77.1 Å². The van der Waals surface area contributed by atoms with E-state index >= 15 is 32.8 Å². The zero-order valence-electron chi connectivity index (χ0n) is 62.6. The molecule has 0 bridgehead atoms. The summed E-state index contributed by atoms with van der Waals surface area (Å²) in [4.78, 5) is 191. The number of hydrogen-bond acceptors (Lipinski definition) is 13. The van der Waals surface area contributed by atoms with Gasteiger partial charge in [0.2, 0.25) is 70.9 Å². The van der Waals surface area contributed by atoms with E-state index in [1.165, 1.54) is 92.7 Å². The standard InChI is InChI=1S/C73H111F5N12O13/c1-15-43(5)60-69(100)84(10)44(6)64(95)89-33-30-52(89)68(99)86(12)55(37-45-24-18-17-19-25-45)67(98)83(9)41-57(91)79-51(29-28-46-35-49(74)59(50(75)36-46)73(76,77)78)65(96)90-40-48(103-16-2)38-54(90)63(94)81-72(31-22-23-32-72)71(102)88(14)61(47-26-20-21-27-47)70(101)87(13)56(66(97)82(7)8)39-58(92)85(11)53(34-42(3)4)62(93)80-60/h35-36,42-45,47-48,51-56,60-61H,15-34,37-41H2,1-14H3,(H,79,91)(H,80,93)(H,81,94)/t43-,44?,48?,51?,52?,53?,54?,55?,56?,60?,61?/m0/s1. The predicted molar refractivity (Wildman–Crippen MR) is 370 cm³/mol. The topological polar surface area (TPSA) is 279 Å². The quantitative estimate of drug-likeness (QED) is 0.212. The third-order valence-electron chi connectivity index (χ3n) is 22.6. The number of aryl methyl sites for hydroxylation is 1. The Bertz CT molecular complexity index is 3250. The van der Waals surface area contributed by atoms with Crippen molar-refractivity contribution >= 4 is 70.9 Å². The molecule has 12 amide bonds. The van der Waals surface area contributed by atoms with Gasteiger partial charge in [0.25, 0.3) is 0 Å². The number of likely N-dealkylation sites (N-methyl/N-ethyl adjacent to an activating group) is 7. The molecule has 3 saturated carbocycles. The normalized spacial score (nSPS) is 28.1. The molecule has 10 unspecified atom stereocenters. The average molecular weight is 1460 g/mol. The highest BCUT2D eigenvalue weighted by Gasteiger charge is 2.53. The molecule has 25 nitrogen and oxygen atoms in total. The lowest BCUT2D eigenvalue weighted by Gasteiger charge is -2.45. The van der Waals surface area contributed by atoms with Crippen molar-refractivity contribution < 1.29 is 84.2 Å². The Balaban J connectivity index is 1.32. The number of fused-ring (bicyclic) bond motifs is 2. The van der Waals surface area contributed by atoms with Crippen LogP contribution >= 0.6 is 0 Å². The van der Waals surface area contributed by atoms with Crippen LogP contribution in [0.3, 0.4) is 0 Å². The third kappa shape index (κ3) is 19.3. The Morgan fingerprint density at radius 1 is 0.680 bits per heavy atom. The van der Waals surface area contributed by atoms with Gasteiger partial charge in [-0.05, 0) is 113 Å². The van der Waals surface area contributed by atoms with Gasteiger partial charge in [-0.1, -0.05) is 91.9 Å². The lowest BCUT2D eigenvalue weighted by Crippen LogP contribution is -2.65. The lowest BCUT2D eigenvalue weighted by atomic mass is 9.84. The number of hydrogen-bond donors (Lipinski definition) is 3. The molecule has 1 aromatic carbocycles. The van der Waals surface area contributed by atoms with Gasteiger partial charge in [0.05, 0.1) is 19.1 Å². The first-order valence-electron chi connectivity index (χ1n) is 36.9. The van der Waals surface area contributed by atoms with Gasteiger partial charge < -0.3 is 64.8 Å². The third-order valence-corrected chi connectivity index (χ3v) is 22.6. The van der Waals surface area contributed by atoms with Crippen LogP contribution in [0, 0.1) is 35.3 Å². The Morgan fingerprint density at radius 2 is 1.29 bits per heavy atom. The Labute approximate surface area is 602 Å². The molecule has 1 aromatic rings. The molecule has 3 N–H and O–H groups in total. The van der Waals surface area contributed by atoms with E-state index in [1.54, 1.807) is 13.8 Å². The molecular formula is C73H111F5N12O13. The summed E-state index contributed by atoms with van der Waals surface area (Å²) in [6.45, 7) is 9.66. The van der Waals surface area contributed by atoms with Crippen molar-refractivity contribution in [1.29, 1.82) is 0 Å². The van der Waals surface area contributed by atoms with Crippen LogP contribution in [-0.2, 0) is 74.9 Å². The fourth-order valence-corrected chi connectivity index (χ4v) is 16.0. The molecule has 3 heterocycles. The number of halogens is 5. The fraction of sp³-hybridized carbons (Fsp3) is 0.753. The summed E-state index contributed by atoms with van der Waals surface area (Å²) in [5.74, 6) is -13.7. The highest BCUT2D eigenvalue weighted by Crippen LogP contribution is 2.39. The summed E-state index contributed by atoms with van der Waals surface area (Å²) in [7, 11) is 11.3. The summed E-state index contributed by atoms with van der Waals surface area (Å²) in [6.07, 6.45) is 0.420. The highest BCUT2D eigenvalue weighted by molar-refractivity contribution is 6.01. The van der Waals surface area contributed by atoms with E-state index in [9.17, 15) is 46.7 Å². The van der Waals surface area contributed by atoms with E-state index in [2.05, 4.69) is 16.0 Å². The second-order valence-electron chi connectivity index (χ2n) is 30.4. The van der Waals surface area contributed by atoms with E-state index in [0.29, 0.717) is 57.1 Å². The maximum Gasteiger partial charge on any atom is 0.422 e. The van der Waals surface area contributed by atoms with Crippen LogP contribution in [0.2, 0.25) is 0 Å². The molecule has 3 aliphatic heterocycles. The first-order valence-corrected chi connectivity index (χ1v) is 36.9. The number of nitrogens with one attached hydrogen (secondary N) is 3. The van der Waals surface area contributed by atoms with Gasteiger partial charge in [0, 0.05) is 82.5 Å². The number of nitrogens with zero attached hydrogens (tertiary/aromatic N) is 9. The van der Waals surface area contributed by atoms with Gasteiger partial charge in [-0.15, -0.1) is 0 Å². The van der Waals surface area contributed by atoms with Crippen LogP contribution in [-0.4, -0.2) is 264 Å². The molecular weight excluding hydrogens is 1350 g/mol. The van der Waals surface area contributed by atoms with Crippen molar-refractivity contribution in [3.63, 3.8) is 0 Å². The van der Waals surface area contributed by atoms with E-state index in [1.807, 2.05) is 20.8 Å². The number of ether oxygens (including phenoxy) is 1. The molecule has 7 rings (SSSR count). The van der Waals surface area contributed by atoms with E-state index in [0.717, 1.165) is 46.8 Å². The van der Waals surface area contributed by atoms with Crippen LogP contribution in [0.1, 0.15) is 181 Å². The summed E-state index contributed by atoms with van der Waals surface area (Å²) >= 11 is 0. The average Bonchev–Trinajstić information content (AvgIpc) is 1.36. The minimum atomic E-state index is -5.40. The van der Waals surface area contributed by atoms with Crippen LogP contribution in [0.25, 0.3) is 0 Å². The second-order valence-corrected chi connectivity index (χ2v) is 30.4. The van der Waals surface area contributed by atoms with Crippen LogP contribution in [0.5, 0.6) is 0 Å². The van der Waals surface area contributed by atoms with Gasteiger partial charge in [-0.2, -0.15) is 13.2 Å². The minimum Gasteiger partial charge on any atom is -0.377 e. The molecule has 0 radical (unpaired) electrons. The molecule has 3 aliphatic carbocycles. The highest BCUT2D eigenvalue weighted by atomic mass is 19.4. The zero-order valence-corrected chi connectivity index (χ0v) is 62.6. The Hall–Kier alpha value is -7.53. The minimum absolute atomic E-state index is 0.0351. The van der Waals surface area contributed by atoms with Crippen LogP contribution in [0.15, 0.2) is 12.1 Å². The smallest absolute Gasteiger partial charge is 0.377 e. The van der Waals surface area contributed by atoms with Crippen molar-refractivity contribution in [2.24, 2.45) is 23.7 Å². The predicted octanol–water partition coefficient (Wildman–Crippen LogP) is 5.28. The number of alkyl halides is 3. The molecule has 6 aliphatic rings. The number of carbonyl (C=O) groups excluding carboxylic acids is 12. The number of amides is 12. The first kappa shape index (κ1) is 82.8. The van der Waals surface area contributed by atoms with E-state index in [-0.39, 0.29) is 75.6 Å². The van der Waals surface area contributed by atoms with Crippen molar-refractivity contribution in [2.45, 2.75) is 249 Å². The van der Waals surface area contributed by atoms with E-state index < -0.39 is 198 Å². The number of carbonyl (C=O) groups is 12. The summed E-state index contributed by atoms with van der Waals surface area (Å²) in [5, 5.41) is 8.55. The first-order chi connectivity index (χ1) is 48.4. The van der Waals surface area contributed by atoms with Crippen molar-refractivity contribution in [3.8, 4) is 0 Å². The molecule has 3 saturated heterocycles. The van der Waals surface area contributed by atoms with Crippen molar-refractivity contribution in [1.82, 2.24) is 60.0 Å². The monoisotopic (exact) mass is 1460 g/mol. The molecule has 6 fully saturated rings. The van der Waals surface area contributed by atoms with Crippen LogP contribution in [0.4, 0.5) is 22.0 Å². The molecule has 576 valence electrons. The van der Waals surface area contributed by atoms with Crippen LogP contribution < -0.4 is 16.0 Å². The van der Waals surface area contributed by atoms with E-state index in [4.69, 9.17) is 4.74 Å². The maximum atomic E-state index is 15.7. The Morgan fingerprint density at radius 3 is 1.84 bits per heavy atom. The summed E-state index contributed by atoms with van der Waals surface area (Å²) < 4.78 is 77.8. The molecule has 11 atom stereocenters. The largest absolute Gasteiger partial charge is 0.422 e. The van der Waals surface area contributed by atoms with Crippen molar-refractivity contribution in [3.05, 3.63) is 34.9 Å². The summed E-state index contributed by atoms with van der Waals surface area (Å²) in [5.41, 5.74) is -4.14. The zero-order chi connectivity index (χ0) is 76.4. The van der Waals surface area contributed by atoms with Crippen molar-refractivity contribution in [2.75, 3.05) is 82.6 Å². The van der Waals surface area contributed by atoms with Gasteiger partial charge in [-0.3, -0.25) is 57.5 Å². The number of rotatable bonds is 13. The maximum absolute atomic E-state index is 15.7. The van der Waals surface area contributed by atoms with Gasteiger partial charge in [-0.25, -0.2) is 8.78 Å². The van der Waals surface area contributed by atoms with Gasteiger partial charge in [0.15, 0.2) is 0 Å². The Kier molecular flexibility index (Phi) is 28.5.